The van der Waals surface area contributed by atoms with Gasteiger partial charge in [-0.15, -0.1) is 0 Å². The van der Waals surface area contributed by atoms with Gasteiger partial charge in [-0.05, 0) is 30.4 Å². The second kappa shape index (κ2) is 5.06. The van der Waals surface area contributed by atoms with Gasteiger partial charge in [0.2, 0.25) is 0 Å². The number of para-hydroxylation sites is 1. The van der Waals surface area contributed by atoms with Crippen LogP contribution in [0.3, 0.4) is 0 Å². The van der Waals surface area contributed by atoms with Crippen LogP contribution in [0, 0.1) is 5.41 Å². The first kappa shape index (κ1) is 13.4. The first-order valence-electron chi connectivity index (χ1n) is 7.43. The van der Waals surface area contributed by atoms with Crippen molar-refractivity contribution in [2.24, 2.45) is 11.1 Å². The number of fused-ring (bicyclic) bond motifs is 1. The van der Waals surface area contributed by atoms with Gasteiger partial charge in [0, 0.05) is 30.6 Å². The van der Waals surface area contributed by atoms with Gasteiger partial charge in [0.25, 0.3) is 0 Å². The molecule has 3 nitrogen and oxygen atoms in total. The molecule has 2 heterocycles. The van der Waals surface area contributed by atoms with Crippen molar-refractivity contribution in [1.29, 1.82) is 0 Å². The fourth-order valence-electron chi connectivity index (χ4n) is 2.90. The van der Waals surface area contributed by atoms with E-state index in [1.165, 1.54) is 18.2 Å². The van der Waals surface area contributed by atoms with Crippen LogP contribution in [0.25, 0.3) is 10.9 Å². The molecule has 0 amide bonds. The van der Waals surface area contributed by atoms with Gasteiger partial charge in [-0.25, -0.2) is 4.98 Å². The van der Waals surface area contributed by atoms with E-state index in [9.17, 15) is 0 Å². The molecule has 3 rings (SSSR count). The molecular weight excluding hydrogens is 246 g/mol. The molecule has 0 radical (unpaired) electrons. The van der Waals surface area contributed by atoms with Gasteiger partial charge in [-0.1, -0.05) is 32.0 Å². The number of nitrogens with zero attached hydrogens (tertiary/aromatic N) is 2. The Morgan fingerprint density at radius 1 is 1.20 bits per heavy atom. The van der Waals surface area contributed by atoms with Crippen LogP contribution in [0.15, 0.2) is 30.3 Å². The number of anilines is 1. The third-order valence-electron chi connectivity index (χ3n) is 4.42. The lowest BCUT2D eigenvalue weighted by Gasteiger charge is -2.38. The highest BCUT2D eigenvalue weighted by atomic mass is 15.2. The molecule has 20 heavy (non-hydrogen) atoms. The maximum atomic E-state index is 5.93. The van der Waals surface area contributed by atoms with Crippen molar-refractivity contribution in [1.82, 2.24) is 4.98 Å². The first-order chi connectivity index (χ1) is 9.59. The number of rotatable bonds is 2. The summed E-state index contributed by atoms with van der Waals surface area (Å²) in [5.74, 6) is 1.08. The molecule has 0 unspecified atom stereocenters. The van der Waals surface area contributed by atoms with Crippen LogP contribution in [0.1, 0.15) is 32.3 Å². The molecule has 2 N–H and O–H groups in total. The molecular formula is C17H23N3. The molecule has 0 bridgehead atoms. The molecule has 1 saturated heterocycles. The number of hydrogen-bond donors (Lipinski definition) is 1. The number of benzene rings is 1. The summed E-state index contributed by atoms with van der Waals surface area (Å²) >= 11 is 0. The molecule has 1 aromatic carbocycles. The fourth-order valence-corrected chi connectivity index (χ4v) is 2.90. The fraction of sp³-hybridized carbons (Fsp3) is 0.471. The SMILES string of the molecule is CC1(C)CCN(c2nc3ccccc3cc2CN)CC1. The van der Waals surface area contributed by atoms with E-state index in [-0.39, 0.29) is 0 Å². The summed E-state index contributed by atoms with van der Waals surface area (Å²) < 4.78 is 0. The molecule has 3 heteroatoms. The minimum absolute atomic E-state index is 0.455. The predicted octanol–water partition coefficient (Wildman–Crippen LogP) is 3.32. The highest BCUT2D eigenvalue weighted by Gasteiger charge is 2.27. The van der Waals surface area contributed by atoms with E-state index >= 15 is 0 Å². The third-order valence-corrected chi connectivity index (χ3v) is 4.42. The molecule has 0 spiro atoms. The Kier molecular flexibility index (Phi) is 3.38. The molecule has 1 aromatic heterocycles. The molecule has 1 fully saturated rings. The quantitative estimate of drug-likeness (QED) is 0.909. The summed E-state index contributed by atoms with van der Waals surface area (Å²) in [4.78, 5) is 7.27. The van der Waals surface area contributed by atoms with Crippen molar-refractivity contribution in [2.75, 3.05) is 18.0 Å². The Bertz CT molecular complexity index is 609. The second-order valence-corrected chi connectivity index (χ2v) is 6.52. The molecule has 1 aliphatic heterocycles. The van der Waals surface area contributed by atoms with E-state index in [4.69, 9.17) is 10.7 Å². The van der Waals surface area contributed by atoms with Crippen molar-refractivity contribution >= 4 is 16.7 Å². The summed E-state index contributed by atoms with van der Waals surface area (Å²) in [5.41, 5.74) is 8.61. The second-order valence-electron chi connectivity index (χ2n) is 6.52. The predicted molar refractivity (Wildman–Crippen MR) is 84.9 cm³/mol. The maximum Gasteiger partial charge on any atom is 0.133 e. The highest BCUT2D eigenvalue weighted by Crippen LogP contribution is 2.33. The molecule has 0 saturated carbocycles. The number of pyridine rings is 1. The zero-order valence-electron chi connectivity index (χ0n) is 12.4. The minimum Gasteiger partial charge on any atom is -0.356 e. The van der Waals surface area contributed by atoms with Crippen molar-refractivity contribution in [3.63, 3.8) is 0 Å². The summed E-state index contributed by atoms with van der Waals surface area (Å²) in [7, 11) is 0. The Hall–Kier alpha value is -1.61. The maximum absolute atomic E-state index is 5.93. The lowest BCUT2D eigenvalue weighted by Crippen LogP contribution is -2.38. The topological polar surface area (TPSA) is 42.2 Å². The summed E-state index contributed by atoms with van der Waals surface area (Å²) in [6, 6.07) is 10.5. The highest BCUT2D eigenvalue weighted by molar-refractivity contribution is 5.81. The standard InChI is InChI=1S/C17H23N3/c1-17(2)7-9-20(10-8-17)16-14(12-18)11-13-5-3-4-6-15(13)19-16/h3-6,11H,7-10,12,18H2,1-2H3. The van der Waals surface area contributed by atoms with E-state index in [0.717, 1.165) is 30.0 Å². The zero-order chi connectivity index (χ0) is 14.2. The Balaban J connectivity index is 1.98. The monoisotopic (exact) mass is 269 g/mol. The summed E-state index contributed by atoms with van der Waals surface area (Å²) in [5, 5.41) is 1.18. The van der Waals surface area contributed by atoms with E-state index in [1.54, 1.807) is 0 Å². The Morgan fingerprint density at radius 2 is 1.90 bits per heavy atom. The average Bonchev–Trinajstić information content (AvgIpc) is 2.46. The Morgan fingerprint density at radius 3 is 2.60 bits per heavy atom. The average molecular weight is 269 g/mol. The van der Waals surface area contributed by atoms with E-state index < -0.39 is 0 Å². The smallest absolute Gasteiger partial charge is 0.133 e. The largest absolute Gasteiger partial charge is 0.356 e. The van der Waals surface area contributed by atoms with Crippen LogP contribution in [0.2, 0.25) is 0 Å². The van der Waals surface area contributed by atoms with Gasteiger partial charge in [0.05, 0.1) is 5.52 Å². The van der Waals surface area contributed by atoms with Crippen LogP contribution in [-0.2, 0) is 6.54 Å². The van der Waals surface area contributed by atoms with Gasteiger partial charge >= 0.3 is 0 Å². The van der Waals surface area contributed by atoms with E-state index in [0.29, 0.717) is 12.0 Å². The number of hydrogen-bond acceptors (Lipinski definition) is 3. The van der Waals surface area contributed by atoms with Crippen molar-refractivity contribution in [2.45, 2.75) is 33.2 Å². The van der Waals surface area contributed by atoms with E-state index in [2.05, 4.69) is 36.9 Å². The van der Waals surface area contributed by atoms with Gasteiger partial charge in [0.15, 0.2) is 0 Å². The number of aromatic nitrogens is 1. The lowest BCUT2D eigenvalue weighted by molar-refractivity contribution is 0.279. The minimum atomic E-state index is 0.455. The number of nitrogens with two attached hydrogens (primary N) is 1. The molecule has 0 atom stereocenters. The van der Waals surface area contributed by atoms with Crippen molar-refractivity contribution in [3.05, 3.63) is 35.9 Å². The van der Waals surface area contributed by atoms with Gasteiger partial charge in [0.1, 0.15) is 5.82 Å². The molecule has 2 aromatic rings. The molecule has 0 aliphatic carbocycles. The molecule has 1 aliphatic rings. The first-order valence-corrected chi connectivity index (χ1v) is 7.43. The summed E-state index contributed by atoms with van der Waals surface area (Å²) in [6.45, 7) is 7.40. The normalized spacial score (nSPS) is 18.4. The van der Waals surface area contributed by atoms with Crippen molar-refractivity contribution in [3.8, 4) is 0 Å². The lowest BCUT2D eigenvalue weighted by atomic mass is 9.82. The zero-order valence-corrected chi connectivity index (χ0v) is 12.4. The van der Waals surface area contributed by atoms with Gasteiger partial charge < -0.3 is 10.6 Å². The van der Waals surface area contributed by atoms with Gasteiger partial charge in [-0.3, -0.25) is 0 Å². The van der Waals surface area contributed by atoms with Crippen molar-refractivity contribution < 1.29 is 0 Å². The van der Waals surface area contributed by atoms with Crippen LogP contribution in [0.4, 0.5) is 5.82 Å². The van der Waals surface area contributed by atoms with E-state index in [1.807, 2.05) is 12.1 Å². The molecule has 106 valence electrons. The third kappa shape index (κ3) is 2.50. The van der Waals surface area contributed by atoms with Crippen LogP contribution in [-0.4, -0.2) is 18.1 Å². The number of piperidine rings is 1. The van der Waals surface area contributed by atoms with Gasteiger partial charge in [-0.2, -0.15) is 0 Å². The van der Waals surface area contributed by atoms with Crippen LogP contribution in [0.5, 0.6) is 0 Å². The summed E-state index contributed by atoms with van der Waals surface area (Å²) in [6.07, 6.45) is 2.43. The van der Waals surface area contributed by atoms with Crippen LogP contribution >= 0.6 is 0 Å². The Labute approximate surface area is 120 Å². The van der Waals surface area contributed by atoms with Crippen LogP contribution < -0.4 is 10.6 Å².